The Balaban J connectivity index is 1.23. The van der Waals surface area contributed by atoms with Gasteiger partial charge in [-0.3, -0.25) is 9.59 Å². The molecule has 4 rings (SSSR count). The number of ether oxygens (including phenoxy) is 1. The monoisotopic (exact) mass is 476 g/mol. The highest BCUT2D eigenvalue weighted by Crippen LogP contribution is 2.30. The van der Waals surface area contributed by atoms with Crippen molar-refractivity contribution in [2.24, 2.45) is 11.8 Å². The molecule has 186 valence electrons. The number of rotatable bonds is 10. The zero-order chi connectivity index (χ0) is 24.6. The summed E-state index contributed by atoms with van der Waals surface area (Å²) in [7, 11) is 0. The molecule has 0 radical (unpaired) electrons. The summed E-state index contributed by atoms with van der Waals surface area (Å²) in [4.78, 5) is 41.4. The van der Waals surface area contributed by atoms with Gasteiger partial charge in [-0.15, -0.1) is 0 Å². The number of amides is 2. The first-order valence-electron chi connectivity index (χ1n) is 12.9. The number of piperidine rings is 1. The molecule has 0 aromatic heterocycles. The number of para-hydroxylation sites is 1. The van der Waals surface area contributed by atoms with Crippen molar-refractivity contribution >= 4 is 23.5 Å². The van der Waals surface area contributed by atoms with Gasteiger partial charge in [0.2, 0.25) is 11.8 Å². The molecule has 0 bridgehead atoms. The Hall–Kier alpha value is -2.99. The van der Waals surface area contributed by atoms with Gasteiger partial charge in [0.1, 0.15) is 0 Å². The number of carbonyl (C=O) groups excluding carboxylic acids is 3. The van der Waals surface area contributed by atoms with E-state index in [0.717, 1.165) is 43.8 Å². The summed E-state index contributed by atoms with van der Waals surface area (Å²) >= 11 is 0. The number of hydrogen-bond acceptors (Lipinski definition) is 5. The average Bonchev–Trinajstić information content (AvgIpc) is 3.14. The van der Waals surface area contributed by atoms with E-state index in [9.17, 15) is 14.4 Å². The maximum absolute atomic E-state index is 12.9. The smallest absolute Gasteiger partial charge is 0.340 e. The summed E-state index contributed by atoms with van der Waals surface area (Å²) in [5.41, 5.74) is 2.01. The van der Waals surface area contributed by atoms with Gasteiger partial charge in [-0.1, -0.05) is 55.8 Å². The molecule has 2 atom stereocenters. The zero-order valence-electron chi connectivity index (χ0n) is 20.7. The predicted molar refractivity (Wildman–Crippen MR) is 136 cm³/mol. The second-order valence-corrected chi connectivity index (χ2v) is 9.89. The Bertz CT molecular complexity index is 1020. The molecule has 2 aromatic carbocycles. The quantitative estimate of drug-likeness (QED) is 0.278. The van der Waals surface area contributed by atoms with Crippen molar-refractivity contribution in [2.45, 2.75) is 51.9 Å². The van der Waals surface area contributed by atoms with Crippen LogP contribution in [-0.4, -0.2) is 48.9 Å². The molecule has 2 fully saturated rings. The van der Waals surface area contributed by atoms with Gasteiger partial charge in [-0.2, -0.15) is 0 Å². The van der Waals surface area contributed by atoms with Crippen LogP contribution < -0.4 is 4.90 Å². The minimum Gasteiger partial charge on any atom is -0.462 e. The van der Waals surface area contributed by atoms with E-state index in [4.69, 9.17) is 4.74 Å². The van der Waals surface area contributed by atoms with E-state index in [1.807, 2.05) is 0 Å². The molecule has 2 unspecified atom stereocenters. The van der Waals surface area contributed by atoms with Crippen LogP contribution in [0.1, 0.15) is 61.4 Å². The third kappa shape index (κ3) is 6.57. The lowest BCUT2D eigenvalue weighted by molar-refractivity contribution is -0.122. The van der Waals surface area contributed by atoms with Gasteiger partial charge in [-0.05, 0) is 62.9 Å². The topological polar surface area (TPSA) is 66.9 Å². The van der Waals surface area contributed by atoms with Crippen LogP contribution in [0.2, 0.25) is 0 Å². The summed E-state index contributed by atoms with van der Waals surface area (Å²) in [6.45, 7) is 5.21. The molecule has 2 aliphatic rings. The normalized spacial score (nSPS) is 20.9. The van der Waals surface area contributed by atoms with E-state index in [1.54, 1.807) is 31.2 Å². The van der Waals surface area contributed by atoms with Crippen LogP contribution >= 0.6 is 0 Å². The lowest BCUT2D eigenvalue weighted by Gasteiger charge is -2.32. The molecule has 2 saturated heterocycles. The Labute approximate surface area is 208 Å². The number of aryl methyl sites for hydroxylation is 1. The van der Waals surface area contributed by atoms with E-state index in [2.05, 4.69) is 35.2 Å². The molecule has 2 heterocycles. The van der Waals surface area contributed by atoms with Crippen LogP contribution in [0, 0.1) is 11.8 Å². The van der Waals surface area contributed by atoms with Crippen LogP contribution in [-0.2, 0) is 20.7 Å². The van der Waals surface area contributed by atoms with E-state index in [0.29, 0.717) is 18.2 Å². The molecule has 0 N–H and O–H groups in total. The van der Waals surface area contributed by atoms with Gasteiger partial charge in [0, 0.05) is 24.8 Å². The van der Waals surface area contributed by atoms with Gasteiger partial charge in [0.25, 0.3) is 0 Å². The SMILES string of the molecule is CC1CC(=O)N(c2ccccc2C(=O)OCC2CCCN(CCCCCc3ccccc3)C2)C1=O. The van der Waals surface area contributed by atoms with Crippen molar-refractivity contribution in [3.8, 4) is 0 Å². The Morgan fingerprint density at radius 2 is 1.77 bits per heavy atom. The first-order valence-corrected chi connectivity index (χ1v) is 12.9. The molecule has 35 heavy (non-hydrogen) atoms. The molecular weight excluding hydrogens is 440 g/mol. The summed E-state index contributed by atoms with van der Waals surface area (Å²) in [5.74, 6) is -1.06. The number of anilines is 1. The summed E-state index contributed by atoms with van der Waals surface area (Å²) in [6.07, 6.45) is 7.06. The average molecular weight is 477 g/mol. The fourth-order valence-electron chi connectivity index (χ4n) is 5.13. The highest BCUT2D eigenvalue weighted by molar-refractivity contribution is 6.22. The molecule has 6 nitrogen and oxygen atoms in total. The standard InChI is InChI=1S/C29H36N2O4/c1-22-19-27(32)31(28(22)33)26-16-8-7-15-25(26)29(34)35-21-24-14-10-18-30(20-24)17-9-3-6-13-23-11-4-2-5-12-23/h2,4-5,7-8,11-12,15-16,22,24H,3,6,9-10,13-14,17-21H2,1H3. The first kappa shape index (κ1) is 25.1. The van der Waals surface area contributed by atoms with Crippen LogP contribution in [0.3, 0.4) is 0 Å². The zero-order valence-corrected chi connectivity index (χ0v) is 20.7. The van der Waals surface area contributed by atoms with Crippen LogP contribution in [0.4, 0.5) is 5.69 Å². The largest absolute Gasteiger partial charge is 0.462 e. The number of hydrogen-bond donors (Lipinski definition) is 0. The highest BCUT2D eigenvalue weighted by atomic mass is 16.5. The maximum Gasteiger partial charge on any atom is 0.340 e. The molecule has 6 heteroatoms. The van der Waals surface area contributed by atoms with Crippen molar-refractivity contribution < 1.29 is 19.1 Å². The molecule has 2 aromatic rings. The van der Waals surface area contributed by atoms with Crippen LogP contribution in [0.25, 0.3) is 0 Å². The van der Waals surface area contributed by atoms with Gasteiger partial charge in [-0.25, -0.2) is 9.69 Å². The van der Waals surface area contributed by atoms with Gasteiger partial charge in [0.15, 0.2) is 0 Å². The van der Waals surface area contributed by atoms with Gasteiger partial charge >= 0.3 is 5.97 Å². The van der Waals surface area contributed by atoms with Crippen molar-refractivity contribution in [1.82, 2.24) is 4.90 Å². The van der Waals surface area contributed by atoms with E-state index in [-0.39, 0.29) is 29.7 Å². The number of esters is 1. The molecule has 0 aliphatic carbocycles. The maximum atomic E-state index is 12.9. The first-order chi connectivity index (χ1) is 17.0. The number of benzene rings is 2. The lowest BCUT2D eigenvalue weighted by atomic mass is 9.98. The third-order valence-corrected chi connectivity index (χ3v) is 7.07. The second-order valence-electron chi connectivity index (χ2n) is 9.89. The minimum atomic E-state index is -0.473. The van der Waals surface area contributed by atoms with Crippen LogP contribution in [0.15, 0.2) is 54.6 Å². The van der Waals surface area contributed by atoms with Crippen molar-refractivity contribution in [1.29, 1.82) is 0 Å². The Kier molecular flexibility index (Phi) is 8.69. The lowest BCUT2D eigenvalue weighted by Crippen LogP contribution is -2.38. The fourth-order valence-corrected chi connectivity index (χ4v) is 5.13. The van der Waals surface area contributed by atoms with E-state index in [1.165, 1.54) is 24.8 Å². The summed E-state index contributed by atoms with van der Waals surface area (Å²) in [6, 6.07) is 17.4. The van der Waals surface area contributed by atoms with Gasteiger partial charge in [0.05, 0.1) is 17.9 Å². The van der Waals surface area contributed by atoms with Crippen molar-refractivity contribution in [2.75, 3.05) is 31.1 Å². The number of nitrogens with zero attached hydrogens (tertiary/aromatic N) is 2. The molecule has 0 spiro atoms. The number of carbonyl (C=O) groups is 3. The van der Waals surface area contributed by atoms with Crippen molar-refractivity contribution in [3.63, 3.8) is 0 Å². The summed E-state index contributed by atoms with van der Waals surface area (Å²) in [5, 5.41) is 0. The molecule has 2 aliphatic heterocycles. The van der Waals surface area contributed by atoms with Gasteiger partial charge < -0.3 is 9.64 Å². The minimum absolute atomic E-state index is 0.173. The highest BCUT2D eigenvalue weighted by Gasteiger charge is 2.38. The fraction of sp³-hybridized carbons (Fsp3) is 0.483. The Morgan fingerprint density at radius 3 is 2.54 bits per heavy atom. The third-order valence-electron chi connectivity index (χ3n) is 7.07. The van der Waals surface area contributed by atoms with E-state index < -0.39 is 5.97 Å². The molecule has 0 saturated carbocycles. The van der Waals surface area contributed by atoms with E-state index >= 15 is 0 Å². The molecular formula is C29H36N2O4. The number of imide groups is 1. The number of unbranched alkanes of at least 4 members (excludes halogenated alkanes) is 2. The predicted octanol–water partition coefficient (Wildman–Crippen LogP) is 4.87. The Morgan fingerprint density at radius 1 is 1.00 bits per heavy atom. The van der Waals surface area contributed by atoms with Crippen molar-refractivity contribution in [3.05, 3.63) is 65.7 Å². The van der Waals surface area contributed by atoms with Crippen LogP contribution in [0.5, 0.6) is 0 Å². The second kappa shape index (κ2) is 12.1. The molecule has 2 amide bonds. The summed E-state index contributed by atoms with van der Waals surface area (Å²) < 4.78 is 5.69. The number of likely N-dealkylation sites (tertiary alicyclic amines) is 1.